The van der Waals surface area contributed by atoms with Gasteiger partial charge >= 0.3 is 6.18 Å². The molecule has 0 spiro atoms. The second-order valence-electron chi connectivity index (χ2n) is 6.97. The van der Waals surface area contributed by atoms with Gasteiger partial charge in [0, 0.05) is 44.3 Å². The summed E-state index contributed by atoms with van der Waals surface area (Å²) in [6.07, 6.45) is -1.84. The Hall–Kier alpha value is -1.68. The highest BCUT2D eigenvalue weighted by atomic mass is 19.4. The molecule has 0 saturated carbocycles. The van der Waals surface area contributed by atoms with E-state index in [1.807, 2.05) is 9.80 Å². The predicted octanol–water partition coefficient (Wildman–Crippen LogP) is 0.870. The van der Waals surface area contributed by atoms with Crippen LogP contribution in [0.25, 0.3) is 0 Å². The van der Waals surface area contributed by atoms with Gasteiger partial charge in [-0.3, -0.25) is 4.90 Å². The third kappa shape index (κ3) is 4.30. The van der Waals surface area contributed by atoms with Crippen LogP contribution in [0.1, 0.15) is 20.3 Å². The average Bonchev–Trinajstić information content (AvgIpc) is 2.96. The maximum absolute atomic E-state index is 12.8. The van der Waals surface area contributed by atoms with E-state index in [1.54, 1.807) is 13.8 Å². The Labute approximate surface area is 145 Å². The van der Waals surface area contributed by atoms with E-state index in [9.17, 15) is 13.2 Å². The van der Waals surface area contributed by atoms with Crippen molar-refractivity contribution >= 4 is 11.9 Å². The molecule has 2 aliphatic heterocycles. The van der Waals surface area contributed by atoms with Gasteiger partial charge in [0.2, 0.25) is 11.9 Å². The summed E-state index contributed by atoms with van der Waals surface area (Å²) in [6.45, 7) is 5.11. The molecule has 1 aromatic rings. The summed E-state index contributed by atoms with van der Waals surface area (Å²) in [5.74, 6) is 1.09. The molecule has 3 rings (SSSR count). The standard InChI is InChI=1S/C15H24F3N7/c1-10-5-24(6-11(2)25(10)8-15(16,17)18)14-21-9-20-13(22-14)23-4-3-12(19)7-23/h9-12H,3-8,19H2,1-2H3/t10-,11+,12?. The Morgan fingerprint density at radius 2 is 1.68 bits per heavy atom. The second-order valence-corrected chi connectivity index (χ2v) is 6.97. The molecule has 1 unspecified atom stereocenters. The highest BCUT2D eigenvalue weighted by molar-refractivity contribution is 5.40. The maximum Gasteiger partial charge on any atom is 0.401 e. The second kappa shape index (κ2) is 6.91. The SMILES string of the molecule is C[C@@H]1CN(c2ncnc(N3CCC(N)C3)n2)C[C@H](C)N1CC(F)(F)F. The summed E-state index contributed by atoms with van der Waals surface area (Å²) in [5, 5.41) is 0. The van der Waals surface area contributed by atoms with Gasteiger partial charge in [-0.05, 0) is 20.3 Å². The topological polar surface area (TPSA) is 74.4 Å². The van der Waals surface area contributed by atoms with E-state index in [4.69, 9.17) is 5.73 Å². The summed E-state index contributed by atoms with van der Waals surface area (Å²) >= 11 is 0. The van der Waals surface area contributed by atoms with E-state index in [1.165, 1.54) is 11.2 Å². The third-order valence-electron chi connectivity index (χ3n) is 4.80. The highest BCUT2D eigenvalue weighted by Crippen LogP contribution is 2.25. The molecule has 2 saturated heterocycles. The van der Waals surface area contributed by atoms with Crippen molar-refractivity contribution in [3.05, 3.63) is 6.33 Å². The lowest BCUT2D eigenvalue weighted by atomic mass is 10.1. The van der Waals surface area contributed by atoms with E-state index in [0.29, 0.717) is 31.5 Å². The Kier molecular flexibility index (Phi) is 5.01. The lowest BCUT2D eigenvalue weighted by Crippen LogP contribution is -2.59. The summed E-state index contributed by atoms with van der Waals surface area (Å²) in [5.41, 5.74) is 5.92. The van der Waals surface area contributed by atoms with Crippen molar-refractivity contribution in [3.8, 4) is 0 Å². The zero-order valence-electron chi connectivity index (χ0n) is 14.4. The number of piperazine rings is 1. The van der Waals surface area contributed by atoms with Gasteiger partial charge in [0.25, 0.3) is 0 Å². The van der Waals surface area contributed by atoms with Crippen molar-refractivity contribution in [2.24, 2.45) is 5.73 Å². The fourth-order valence-electron chi connectivity index (χ4n) is 3.59. The summed E-state index contributed by atoms with van der Waals surface area (Å²) in [7, 11) is 0. The van der Waals surface area contributed by atoms with Crippen LogP contribution in [0.3, 0.4) is 0 Å². The van der Waals surface area contributed by atoms with Crippen molar-refractivity contribution in [2.75, 3.05) is 42.5 Å². The van der Waals surface area contributed by atoms with Crippen molar-refractivity contribution in [1.82, 2.24) is 19.9 Å². The van der Waals surface area contributed by atoms with Crippen LogP contribution in [0.15, 0.2) is 6.33 Å². The molecule has 25 heavy (non-hydrogen) atoms. The number of hydrogen-bond acceptors (Lipinski definition) is 7. The molecule has 0 amide bonds. The first-order valence-corrected chi connectivity index (χ1v) is 8.50. The zero-order valence-corrected chi connectivity index (χ0v) is 14.4. The number of nitrogens with zero attached hydrogens (tertiary/aromatic N) is 6. The molecule has 7 nitrogen and oxygen atoms in total. The molecule has 3 heterocycles. The van der Waals surface area contributed by atoms with Crippen molar-refractivity contribution in [3.63, 3.8) is 0 Å². The molecule has 2 aliphatic rings. The Morgan fingerprint density at radius 1 is 1.08 bits per heavy atom. The van der Waals surface area contributed by atoms with Crippen LogP contribution < -0.4 is 15.5 Å². The summed E-state index contributed by atoms with van der Waals surface area (Å²) < 4.78 is 38.3. The van der Waals surface area contributed by atoms with E-state index in [-0.39, 0.29) is 18.1 Å². The van der Waals surface area contributed by atoms with E-state index in [2.05, 4.69) is 15.0 Å². The molecule has 0 bridgehead atoms. The molecule has 140 valence electrons. The largest absolute Gasteiger partial charge is 0.401 e. The third-order valence-corrected chi connectivity index (χ3v) is 4.80. The fraction of sp³-hybridized carbons (Fsp3) is 0.800. The number of anilines is 2. The maximum atomic E-state index is 12.8. The van der Waals surface area contributed by atoms with Gasteiger partial charge in [-0.1, -0.05) is 0 Å². The number of aromatic nitrogens is 3. The highest BCUT2D eigenvalue weighted by Gasteiger charge is 2.38. The van der Waals surface area contributed by atoms with Crippen LogP contribution in [0.5, 0.6) is 0 Å². The molecular weight excluding hydrogens is 335 g/mol. The van der Waals surface area contributed by atoms with Gasteiger partial charge in [-0.15, -0.1) is 0 Å². The lowest BCUT2D eigenvalue weighted by molar-refractivity contribution is -0.156. The van der Waals surface area contributed by atoms with E-state index >= 15 is 0 Å². The van der Waals surface area contributed by atoms with Crippen LogP contribution in [-0.4, -0.2) is 76.9 Å². The molecule has 0 aliphatic carbocycles. The Bertz CT molecular complexity index is 585. The van der Waals surface area contributed by atoms with Crippen LogP contribution in [0, 0.1) is 0 Å². The normalized spacial score (nSPS) is 28.6. The average molecular weight is 359 g/mol. The van der Waals surface area contributed by atoms with Crippen LogP contribution >= 0.6 is 0 Å². The van der Waals surface area contributed by atoms with E-state index in [0.717, 1.165) is 13.0 Å². The summed E-state index contributed by atoms with van der Waals surface area (Å²) in [6, 6.07) is -0.372. The van der Waals surface area contributed by atoms with Crippen LogP contribution in [0.2, 0.25) is 0 Å². The molecule has 10 heteroatoms. The number of alkyl halides is 3. The monoisotopic (exact) mass is 359 g/mol. The number of hydrogen-bond donors (Lipinski definition) is 1. The first-order chi connectivity index (χ1) is 11.7. The summed E-state index contributed by atoms with van der Waals surface area (Å²) in [4.78, 5) is 18.4. The molecule has 3 atom stereocenters. The van der Waals surface area contributed by atoms with Crippen LogP contribution in [0.4, 0.5) is 25.1 Å². The van der Waals surface area contributed by atoms with Gasteiger partial charge in [-0.2, -0.15) is 18.2 Å². The number of rotatable bonds is 3. The molecule has 2 fully saturated rings. The minimum absolute atomic E-state index is 0.117. The van der Waals surface area contributed by atoms with E-state index < -0.39 is 12.7 Å². The molecule has 0 radical (unpaired) electrons. The Balaban J connectivity index is 1.71. The van der Waals surface area contributed by atoms with Gasteiger partial charge in [0.05, 0.1) is 6.54 Å². The fourth-order valence-corrected chi connectivity index (χ4v) is 3.59. The zero-order chi connectivity index (χ0) is 18.2. The van der Waals surface area contributed by atoms with Gasteiger partial charge < -0.3 is 15.5 Å². The van der Waals surface area contributed by atoms with Gasteiger partial charge in [0.1, 0.15) is 6.33 Å². The minimum atomic E-state index is -4.19. The molecule has 0 aromatic carbocycles. The van der Waals surface area contributed by atoms with Crippen molar-refractivity contribution in [1.29, 1.82) is 0 Å². The smallest absolute Gasteiger partial charge is 0.339 e. The molecule has 1 aromatic heterocycles. The number of halogens is 3. The lowest BCUT2D eigenvalue weighted by Gasteiger charge is -2.44. The molecule has 2 N–H and O–H groups in total. The minimum Gasteiger partial charge on any atom is -0.339 e. The first kappa shape index (κ1) is 18.1. The van der Waals surface area contributed by atoms with Crippen molar-refractivity contribution < 1.29 is 13.2 Å². The number of nitrogens with two attached hydrogens (primary N) is 1. The quantitative estimate of drug-likeness (QED) is 0.858. The van der Waals surface area contributed by atoms with Gasteiger partial charge in [0.15, 0.2) is 0 Å². The first-order valence-electron chi connectivity index (χ1n) is 8.50. The van der Waals surface area contributed by atoms with Gasteiger partial charge in [-0.25, -0.2) is 9.97 Å². The van der Waals surface area contributed by atoms with Crippen molar-refractivity contribution in [2.45, 2.75) is 44.6 Å². The predicted molar refractivity (Wildman–Crippen MR) is 88.5 cm³/mol. The Morgan fingerprint density at radius 3 is 2.20 bits per heavy atom. The van der Waals surface area contributed by atoms with Crippen LogP contribution in [-0.2, 0) is 0 Å². The molecular formula is C15H24F3N7.